The maximum atomic E-state index is 12.8. The van der Waals surface area contributed by atoms with E-state index in [0.717, 1.165) is 0 Å². The number of aliphatic hydroxyl groups is 1. The van der Waals surface area contributed by atoms with Crippen molar-refractivity contribution < 1.29 is 28.1 Å². The van der Waals surface area contributed by atoms with Gasteiger partial charge in [-0.1, -0.05) is 6.07 Å². The van der Waals surface area contributed by atoms with Crippen LogP contribution in [0.2, 0.25) is 0 Å². The van der Waals surface area contributed by atoms with Crippen LogP contribution in [0.3, 0.4) is 0 Å². The van der Waals surface area contributed by atoms with Crippen molar-refractivity contribution in [3.8, 4) is 11.5 Å². The molecule has 0 aromatic heterocycles. The topological polar surface area (TPSA) is 49.7 Å². The molecule has 1 fully saturated rings. The van der Waals surface area contributed by atoms with Gasteiger partial charge in [0.15, 0.2) is 0 Å². The molecule has 1 aliphatic rings. The van der Waals surface area contributed by atoms with Crippen molar-refractivity contribution in [1.29, 1.82) is 0 Å². The Hall–Kier alpha value is -1.43. The Labute approximate surface area is 108 Å². The van der Waals surface area contributed by atoms with Gasteiger partial charge in [0, 0.05) is 18.6 Å². The van der Waals surface area contributed by atoms with Crippen LogP contribution >= 0.6 is 0 Å². The Morgan fingerprint density at radius 1 is 1.37 bits per heavy atom. The fraction of sp³-hybridized carbons (Fsp3) is 0.538. The summed E-state index contributed by atoms with van der Waals surface area (Å²) >= 11 is 0. The van der Waals surface area contributed by atoms with Gasteiger partial charge in [0.25, 0.3) is 0 Å². The van der Waals surface area contributed by atoms with E-state index in [4.69, 9.17) is 9.84 Å². The van der Waals surface area contributed by atoms with Crippen LogP contribution in [0.4, 0.5) is 13.2 Å². The van der Waals surface area contributed by atoms with Gasteiger partial charge in [-0.15, -0.1) is 0 Å². The molecule has 0 spiro atoms. The van der Waals surface area contributed by atoms with Crippen LogP contribution in [0.1, 0.15) is 17.9 Å². The smallest absolute Gasteiger partial charge is 0.392 e. The third kappa shape index (κ3) is 2.49. The molecule has 106 valence electrons. The summed E-state index contributed by atoms with van der Waals surface area (Å²) < 4.78 is 43.4. The minimum Gasteiger partial charge on any atom is -0.508 e. The zero-order chi connectivity index (χ0) is 14.2. The first-order chi connectivity index (χ1) is 8.88. The van der Waals surface area contributed by atoms with Gasteiger partial charge in [0.05, 0.1) is 13.0 Å². The molecule has 2 rings (SSSR count). The van der Waals surface area contributed by atoms with Crippen LogP contribution in [0.25, 0.3) is 0 Å². The first-order valence-electron chi connectivity index (χ1n) is 5.93. The number of alkyl halides is 3. The third-order valence-corrected chi connectivity index (χ3v) is 3.75. The molecule has 0 radical (unpaired) electrons. The summed E-state index contributed by atoms with van der Waals surface area (Å²) in [4.78, 5) is 0. The van der Waals surface area contributed by atoms with Crippen LogP contribution in [0.5, 0.6) is 11.5 Å². The number of hydrogen-bond donors (Lipinski definition) is 2. The fourth-order valence-electron chi connectivity index (χ4n) is 2.68. The van der Waals surface area contributed by atoms with E-state index < -0.39 is 23.9 Å². The molecule has 0 aliphatic heterocycles. The van der Waals surface area contributed by atoms with E-state index in [-0.39, 0.29) is 24.3 Å². The number of methoxy groups -OCH3 is 1. The van der Waals surface area contributed by atoms with Gasteiger partial charge < -0.3 is 14.9 Å². The number of phenols is 1. The molecule has 19 heavy (non-hydrogen) atoms. The monoisotopic (exact) mass is 276 g/mol. The average molecular weight is 276 g/mol. The van der Waals surface area contributed by atoms with Crippen molar-refractivity contribution in [2.24, 2.45) is 11.8 Å². The number of aromatic hydroxyl groups is 1. The van der Waals surface area contributed by atoms with Gasteiger partial charge in [-0.05, 0) is 24.0 Å². The molecule has 0 bridgehead atoms. The number of ether oxygens (including phenoxy) is 1. The van der Waals surface area contributed by atoms with Crippen molar-refractivity contribution in [1.82, 2.24) is 0 Å². The van der Waals surface area contributed by atoms with E-state index in [1.807, 2.05) is 0 Å². The van der Waals surface area contributed by atoms with Gasteiger partial charge in [0.1, 0.15) is 11.5 Å². The van der Waals surface area contributed by atoms with Crippen molar-refractivity contribution in [3.05, 3.63) is 23.8 Å². The number of phenolic OH excluding ortho intramolecular Hbond substituents is 1. The molecule has 1 saturated carbocycles. The van der Waals surface area contributed by atoms with Crippen LogP contribution in [0.15, 0.2) is 18.2 Å². The molecular formula is C13H15F3O3. The second-order valence-corrected chi connectivity index (χ2v) is 4.78. The summed E-state index contributed by atoms with van der Waals surface area (Å²) in [5.41, 5.74) is 0.216. The lowest BCUT2D eigenvalue weighted by Crippen LogP contribution is -2.45. The standard InChI is InChI=1S/C13H15F3O3/c1-19-8-2-3-9(11(18)5-8)12-7(6-17)4-10(12)13(14,15)16/h2-3,5,7,10,12,17-18H,4,6H2,1H3/t7-,10-,12-/m0/s1. The minimum absolute atomic E-state index is 0.101. The largest absolute Gasteiger partial charge is 0.508 e. The van der Waals surface area contributed by atoms with Gasteiger partial charge >= 0.3 is 6.18 Å². The Bertz CT molecular complexity index is 459. The first-order valence-corrected chi connectivity index (χ1v) is 5.93. The summed E-state index contributed by atoms with van der Waals surface area (Å²) in [7, 11) is 1.41. The van der Waals surface area contributed by atoms with E-state index in [0.29, 0.717) is 5.75 Å². The summed E-state index contributed by atoms with van der Waals surface area (Å²) in [6.07, 6.45) is -4.42. The normalized spacial score (nSPS) is 26.9. The van der Waals surface area contributed by atoms with Crippen molar-refractivity contribution in [2.45, 2.75) is 18.5 Å². The Kier molecular flexibility index (Phi) is 3.62. The predicted octanol–water partition coefficient (Wildman–Crippen LogP) is 2.68. The van der Waals surface area contributed by atoms with Crippen molar-refractivity contribution in [2.75, 3.05) is 13.7 Å². The number of hydrogen-bond acceptors (Lipinski definition) is 3. The van der Waals surface area contributed by atoms with Crippen molar-refractivity contribution in [3.63, 3.8) is 0 Å². The van der Waals surface area contributed by atoms with Crippen LogP contribution in [-0.2, 0) is 0 Å². The molecule has 3 nitrogen and oxygen atoms in total. The summed E-state index contributed by atoms with van der Waals surface area (Å²) in [6.45, 7) is -0.317. The molecule has 0 saturated heterocycles. The molecule has 6 heteroatoms. The van der Waals surface area contributed by atoms with Crippen LogP contribution in [-0.4, -0.2) is 30.1 Å². The highest BCUT2D eigenvalue weighted by molar-refractivity contribution is 5.43. The van der Waals surface area contributed by atoms with Crippen molar-refractivity contribution >= 4 is 0 Å². The highest BCUT2D eigenvalue weighted by Gasteiger charge is 2.55. The molecule has 3 atom stereocenters. The first kappa shape index (κ1) is 14.0. The Balaban J connectivity index is 2.32. The van der Waals surface area contributed by atoms with E-state index in [9.17, 15) is 18.3 Å². The second kappa shape index (κ2) is 4.92. The predicted molar refractivity (Wildman–Crippen MR) is 62.1 cm³/mol. The molecule has 0 heterocycles. The van der Waals surface area contributed by atoms with Crippen LogP contribution < -0.4 is 4.74 Å². The maximum absolute atomic E-state index is 12.8. The molecule has 0 amide bonds. The zero-order valence-electron chi connectivity index (χ0n) is 10.3. The number of rotatable bonds is 3. The lowest BCUT2D eigenvalue weighted by atomic mass is 9.61. The number of benzene rings is 1. The number of halogens is 3. The van der Waals surface area contributed by atoms with Gasteiger partial charge in [0.2, 0.25) is 0 Å². The summed E-state index contributed by atoms with van der Waals surface area (Å²) in [6, 6.07) is 4.23. The van der Waals surface area contributed by atoms with E-state index in [1.165, 1.54) is 25.3 Å². The second-order valence-electron chi connectivity index (χ2n) is 4.78. The third-order valence-electron chi connectivity index (χ3n) is 3.75. The summed E-state index contributed by atoms with van der Waals surface area (Å²) in [5, 5.41) is 18.9. The van der Waals surface area contributed by atoms with Gasteiger partial charge in [-0.3, -0.25) is 0 Å². The Morgan fingerprint density at radius 2 is 2.05 bits per heavy atom. The Morgan fingerprint density at radius 3 is 2.53 bits per heavy atom. The average Bonchev–Trinajstić information content (AvgIpc) is 2.29. The fourth-order valence-corrected chi connectivity index (χ4v) is 2.68. The molecule has 1 aromatic carbocycles. The maximum Gasteiger partial charge on any atom is 0.392 e. The molecular weight excluding hydrogens is 261 g/mol. The quantitative estimate of drug-likeness (QED) is 0.892. The molecule has 1 aromatic rings. The van der Waals surface area contributed by atoms with Gasteiger partial charge in [-0.25, -0.2) is 0 Å². The lowest BCUT2D eigenvalue weighted by molar-refractivity contribution is -0.216. The van der Waals surface area contributed by atoms with Crippen LogP contribution in [0, 0.1) is 11.8 Å². The highest BCUT2D eigenvalue weighted by atomic mass is 19.4. The number of aliphatic hydroxyl groups excluding tert-OH is 1. The minimum atomic E-state index is -4.32. The van der Waals surface area contributed by atoms with E-state index >= 15 is 0 Å². The molecule has 2 N–H and O–H groups in total. The molecule has 1 aliphatic carbocycles. The SMILES string of the molecule is COc1ccc([C@@H]2[C@H](CO)C[C@@H]2C(F)(F)F)c(O)c1. The lowest BCUT2D eigenvalue weighted by Gasteiger charge is -2.45. The van der Waals surface area contributed by atoms with E-state index in [1.54, 1.807) is 0 Å². The summed E-state index contributed by atoms with van der Waals surface area (Å²) in [5.74, 6) is -2.72. The zero-order valence-corrected chi connectivity index (χ0v) is 10.3. The van der Waals surface area contributed by atoms with E-state index in [2.05, 4.69) is 0 Å². The highest BCUT2D eigenvalue weighted by Crippen LogP contribution is 2.56. The van der Waals surface area contributed by atoms with Gasteiger partial charge in [-0.2, -0.15) is 13.2 Å². The molecule has 0 unspecified atom stereocenters.